The molecule has 1 fully saturated rings. The minimum Gasteiger partial charge on any atom is -0.481 e. The number of carbonyl (C=O) groups is 2. The molecule has 21 heavy (non-hydrogen) atoms. The molecule has 0 saturated carbocycles. The zero-order valence-corrected chi connectivity index (χ0v) is 13.1. The SMILES string of the molecule is CCC(NCC(=O)N1CCC(C(=O)O)CC1)c1cccs1. The molecule has 2 rings (SSSR count). The molecule has 0 bridgehead atoms. The lowest BCUT2D eigenvalue weighted by molar-refractivity contribution is -0.145. The first-order chi connectivity index (χ1) is 10.1. The van der Waals surface area contributed by atoms with Gasteiger partial charge in [0.05, 0.1) is 12.5 Å². The Morgan fingerprint density at radius 3 is 2.71 bits per heavy atom. The molecule has 0 aliphatic carbocycles. The van der Waals surface area contributed by atoms with Crippen molar-refractivity contribution in [3.05, 3.63) is 22.4 Å². The van der Waals surface area contributed by atoms with E-state index < -0.39 is 5.97 Å². The molecule has 1 atom stereocenters. The van der Waals surface area contributed by atoms with E-state index in [0.29, 0.717) is 32.5 Å². The number of carboxylic acids is 1. The van der Waals surface area contributed by atoms with Gasteiger partial charge in [0, 0.05) is 24.0 Å². The van der Waals surface area contributed by atoms with Crippen LogP contribution in [0.4, 0.5) is 0 Å². The topological polar surface area (TPSA) is 69.6 Å². The fraction of sp³-hybridized carbons (Fsp3) is 0.600. The van der Waals surface area contributed by atoms with Crippen molar-refractivity contribution in [1.82, 2.24) is 10.2 Å². The van der Waals surface area contributed by atoms with Crippen molar-refractivity contribution >= 4 is 23.2 Å². The van der Waals surface area contributed by atoms with E-state index >= 15 is 0 Å². The Kier molecular flexibility index (Phi) is 5.76. The largest absolute Gasteiger partial charge is 0.481 e. The number of hydrogen-bond donors (Lipinski definition) is 2. The maximum Gasteiger partial charge on any atom is 0.306 e. The lowest BCUT2D eigenvalue weighted by atomic mass is 9.97. The van der Waals surface area contributed by atoms with Crippen LogP contribution in [-0.2, 0) is 9.59 Å². The molecule has 1 aromatic heterocycles. The summed E-state index contributed by atoms with van der Waals surface area (Å²) in [7, 11) is 0. The molecule has 1 aliphatic rings. The van der Waals surface area contributed by atoms with Crippen LogP contribution in [0.1, 0.15) is 37.1 Å². The molecule has 5 nitrogen and oxygen atoms in total. The number of aliphatic carboxylic acids is 1. The van der Waals surface area contributed by atoms with Crippen LogP contribution in [0.15, 0.2) is 17.5 Å². The van der Waals surface area contributed by atoms with Gasteiger partial charge in [-0.3, -0.25) is 9.59 Å². The van der Waals surface area contributed by atoms with Crippen LogP contribution in [-0.4, -0.2) is 41.5 Å². The first-order valence-electron chi connectivity index (χ1n) is 7.39. The van der Waals surface area contributed by atoms with Gasteiger partial charge in [-0.15, -0.1) is 11.3 Å². The average Bonchev–Trinajstić information content (AvgIpc) is 3.02. The van der Waals surface area contributed by atoms with Crippen LogP contribution in [0.25, 0.3) is 0 Å². The summed E-state index contributed by atoms with van der Waals surface area (Å²) in [5, 5.41) is 14.3. The number of nitrogens with zero attached hydrogens (tertiary/aromatic N) is 1. The van der Waals surface area contributed by atoms with E-state index in [4.69, 9.17) is 5.11 Å². The average molecular weight is 310 g/mol. The third-order valence-corrected chi connectivity index (χ3v) is 4.98. The Morgan fingerprint density at radius 1 is 1.48 bits per heavy atom. The highest BCUT2D eigenvalue weighted by Gasteiger charge is 2.27. The van der Waals surface area contributed by atoms with Crippen molar-refractivity contribution in [2.75, 3.05) is 19.6 Å². The number of thiophene rings is 1. The van der Waals surface area contributed by atoms with Crippen LogP contribution in [0.5, 0.6) is 0 Å². The highest BCUT2D eigenvalue weighted by atomic mass is 32.1. The molecule has 1 unspecified atom stereocenters. The fourth-order valence-electron chi connectivity index (χ4n) is 2.63. The molecule has 1 amide bonds. The predicted octanol–water partition coefficient (Wildman–Crippen LogP) is 2.11. The van der Waals surface area contributed by atoms with E-state index in [9.17, 15) is 9.59 Å². The minimum atomic E-state index is -0.746. The molecule has 0 aromatic carbocycles. The first-order valence-corrected chi connectivity index (χ1v) is 8.27. The fourth-order valence-corrected chi connectivity index (χ4v) is 3.52. The van der Waals surface area contributed by atoms with Gasteiger partial charge in [-0.2, -0.15) is 0 Å². The second kappa shape index (κ2) is 7.56. The number of hydrogen-bond acceptors (Lipinski definition) is 4. The Labute approximate surface area is 129 Å². The molecule has 0 radical (unpaired) electrons. The lowest BCUT2D eigenvalue weighted by Crippen LogP contribution is -2.44. The zero-order valence-electron chi connectivity index (χ0n) is 12.2. The van der Waals surface area contributed by atoms with Crippen molar-refractivity contribution in [3.63, 3.8) is 0 Å². The van der Waals surface area contributed by atoms with Crippen molar-refractivity contribution in [2.45, 2.75) is 32.2 Å². The quantitative estimate of drug-likeness (QED) is 0.844. The van der Waals surface area contributed by atoms with Crippen LogP contribution in [0, 0.1) is 5.92 Å². The second-order valence-corrected chi connectivity index (χ2v) is 6.33. The van der Waals surface area contributed by atoms with Crippen molar-refractivity contribution in [3.8, 4) is 0 Å². The summed E-state index contributed by atoms with van der Waals surface area (Å²) in [6.45, 7) is 3.51. The van der Waals surface area contributed by atoms with Crippen LogP contribution < -0.4 is 5.32 Å². The molecular weight excluding hydrogens is 288 g/mol. The van der Waals surface area contributed by atoms with Gasteiger partial charge in [0.1, 0.15) is 0 Å². The van der Waals surface area contributed by atoms with Gasteiger partial charge in [-0.1, -0.05) is 13.0 Å². The molecule has 1 aliphatic heterocycles. The summed E-state index contributed by atoms with van der Waals surface area (Å²) in [6, 6.07) is 4.31. The van der Waals surface area contributed by atoms with E-state index in [1.165, 1.54) is 4.88 Å². The van der Waals surface area contributed by atoms with E-state index in [1.807, 2.05) is 11.4 Å². The molecule has 1 aromatic rings. The number of carbonyl (C=O) groups excluding carboxylic acids is 1. The summed E-state index contributed by atoms with van der Waals surface area (Å²) >= 11 is 1.69. The molecular formula is C15H22N2O3S. The smallest absolute Gasteiger partial charge is 0.306 e. The third kappa shape index (κ3) is 4.28. The molecule has 2 N–H and O–H groups in total. The first kappa shape index (κ1) is 16.0. The van der Waals surface area contributed by atoms with Gasteiger partial charge < -0.3 is 15.3 Å². The van der Waals surface area contributed by atoms with Gasteiger partial charge in [0.25, 0.3) is 0 Å². The summed E-state index contributed by atoms with van der Waals surface area (Å²) in [4.78, 5) is 26.1. The van der Waals surface area contributed by atoms with Gasteiger partial charge >= 0.3 is 5.97 Å². The van der Waals surface area contributed by atoms with Gasteiger partial charge in [0.15, 0.2) is 0 Å². The zero-order chi connectivity index (χ0) is 15.2. The van der Waals surface area contributed by atoms with Crippen LogP contribution in [0.3, 0.4) is 0 Å². The molecule has 116 valence electrons. The lowest BCUT2D eigenvalue weighted by Gasteiger charge is -2.30. The van der Waals surface area contributed by atoms with Gasteiger partial charge in [-0.05, 0) is 30.7 Å². The van der Waals surface area contributed by atoms with E-state index in [0.717, 1.165) is 6.42 Å². The monoisotopic (exact) mass is 310 g/mol. The maximum atomic E-state index is 12.2. The van der Waals surface area contributed by atoms with E-state index in [1.54, 1.807) is 16.2 Å². The summed E-state index contributed by atoms with van der Waals surface area (Å²) in [5.41, 5.74) is 0. The minimum absolute atomic E-state index is 0.0637. The van der Waals surface area contributed by atoms with Crippen molar-refractivity contribution in [2.24, 2.45) is 5.92 Å². The number of carboxylic acid groups (broad SMARTS) is 1. The highest BCUT2D eigenvalue weighted by molar-refractivity contribution is 7.10. The summed E-state index contributed by atoms with van der Waals surface area (Å²) in [6.07, 6.45) is 2.06. The Morgan fingerprint density at radius 2 is 2.19 bits per heavy atom. The number of nitrogens with one attached hydrogen (secondary N) is 1. The van der Waals surface area contributed by atoms with Crippen LogP contribution >= 0.6 is 11.3 Å². The van der Waals surface area contributed by atoms with E-state index in [-0.39, 0.29) is 17.9 Å². The molecule has 6 heteroatoms. The van der Waals surface area contributed by atoms with Crippen LogP contribution in [0.2, 0.25) is 0 Å². The number of likely N-dealkylation sites (tertiary alicyclic amines) is 1. The number of piperidine rings is 1. The van der Waals surface area contributed by atoms with Crippen molar-refractivity contribution < 1.29 is 14.7 Å². The number of rotatable bonds is 6. The Balaban J connectivity index is 1.78. The summed E-state index contributed by atoms with van der Waals surface area (Å²) < 4.78 is 0. The predicted molar refractivity (Wildman–Crippen MR) is 82.3 cm³/mol. The normalized spacial score (nSPS) is 17.7. The molecule has 2 heterocycles. The Hall–Kier alpha value is -1.40. The Bertz CT molecular complexity index is 467. The number of amides is 1. The third-order valence-electron chi connectivity index (χ3n) is 3.99. The van der Waals surface area contributed by atoms with Gasteiger partial charge in [-0.25, -0.2) is 0 Å². The standard InChI is InChI=1S/C15H22N2O3S/c1-2-12(13-4-3-9-21-13)16-10-14(18)17-7-5-11(6-8-17)15(19)20/h3-4,9,11-12,16H,2,5-8,10H2,1H3,(H,19,20). The van der Waals surface area contributed by atoms with Crippen molar-refractivity contribution in [1.29, 1.82) is 0 Å². The van der Waals surface area contributed by atoms with E-state index in [2.05, 4.69) is 18.3 Å². The van der Waals surface area contributed by atoms with Gasteiger partial charge in [0.2, 0.25) is 5.91 Å². The molecule has 0 spiro atoms. The summed E-state index contributed by atoms with van der Waals surface area (Å²) in [5.74, 6) is -0.977. The second-order valence-electron chi connectivity index (χ2n) is 5.35. The molecule has 1 saturated heterocycles. The maximum absolute atomic E-state index is 12.2. The highest BCUT2D eigenvalue weighted by Crippen LogP contribution is 2.22.